The van der Waals surface area contributed by atoms with Crippen molar-refractivity contribution in [2.24, 2.45) is 5.92 Å². The van der Waals surface area contributed by atoms with Crippen molar-refractivity contribution in [3.05, 3.63) is 22.2 Å². The van der Waals surface area contributed by atoms with E-state index in [1.54, 1.807) is 19.2 Å². The van der Waals surface area contributed by atoms with Crippen molar-refractivity contribution >= 4 is 28.9 Å². The molecule has 2 N–H and O–H groups in total. The molecule has 0 aromatic heterocycles. The first-order chi connectivity index (χ1) is 7.95. The number of nitrogens with one attached hydrogen (secondary N) is 1. The lowest BCUT2D eigenvalue weighted by Gasteiger charge is -2.23. The van der Waals surface area contributed by atoms with Crippen molar-refractivity contribution in [3.8, 4) is 5.75 Å². The van der Waals surface area contributed by atoms with Gasteiger partial charge >= 0.3 is 0 Å². The number of phenols is 1. The summed E-state index contributed by atoms with van der Waals surface area (Å²) in [5.74, 6) is 0.313. The molecule has 0 heterocycles. The third kappa shape index (κ3) is 3.95. The molecule has 0 spiro atoms. The van der Waals surface area contributed by atoms with Gasteiger partial charge in [0, 0.05) is 12.8 Å². The van der Waals surface area contributed by atoms with Crippen molar-refractivity contribution in [3.63, 3.8) is 0 Å². The van der Waals surface area contributed by atoms with Gasteiger partial charge in [0.15, 0.2) is 5.75 Å². The number of hydrogen-bond acceptors (Lipinski definition) is 3. The fourth-order valence-corrected chi connectivity index (χ4v) is 1.93. The lowest BCUT2D eigenvalue weighted by atomic mass is 10.1. The van der Waals surface area contributed by atoms with Crippen molar-refractivity contribution < 1.29 is 9.84 Å². The number of anilines is 1. The molecular weight excluding hydrogens is 261 g/mol. The molecule has 3 nitrogen and oxygen atoms in total. The van der Waals surface area contributed by atoms with Crippen molar-refractivity contribution in [1.29, 1.82) is 0 Å². The molecule has 0 aliphatic rings. The molecule has 0 saturated heterocycles. The summed E-state index contributed by atoms with van der Waals surface area (Å²) in [6.07, 6.45) is 0. The first-order valence-corrected chi connectivity index (χ1v) is 6.14. The van der Waals surface area contributed by atoms with Gasteiger partial charge in [-0.25, -0.2) is 0 Å². The summed E-state index contributed by atoms with van der Waals surface area (Å²) in [5.41, 5.74) is 0.772. The van der Waals surface area contributed by atoms with Gasteiger partial charge in [0.05, 0.1) is 22.7 Å². The largest absolute Gasteiger partial charge is 0.505 e. The molecule has 0 amide bonds. The van der Waals surface area contributed by atoms with Gasteiger partial charge in [0.2, 0.25) is 0 Å². The molecule has 96 valence electrons. The minimum Gasteiger partial charge on any atom is -0.505 e. The Morgan fingerprint density at radius 1 is 1.29 bits per heavy atom. The van der Waals surface area contributed by atoms with E-state index in [0.29, 0.717) is 12.5 Å². The minimum absolute atomic E-state index is 0.0910. The highest BCUT2D eigenvalue weighted by atomic mass is 35.5. The van der Waals surface area contributed by atoms with Crippen LogP contribution in [-0.4, -0.2) is 24.9 Å². The molecule has 1 rings (SSSR count). The Labute approximate surface area is 112 Å². The Morgan fingerprint density at radius 2 is 1.82 bits per heavy atom. The number of phenolic OH excluding ortho intramolecular Hbond substituents is 1. The topological polar surface area (TPSA) is 41.5 Å². The van der Waals surface area contributed by atoms with E-state index in [1.807, 2.05) is 0 Å². The molecule has 1 aromatic carbocycles. The fourth-order valence-electron chi connectivity index (χ4n) is 1.44. The van der Waals surface area contributed by atoms with Gasteiger partial charge in [-0.2, -0.15) is 0 Å². The van der Waals surface area contributed by atoms with Crippen LogP contribution < -0.4 is 5.32 Å². The van der Waals surface area contributed by atoms with Gasteiger partial charge in [-0.15, -0.1) is 0 Å². The summed E-state index contributed by atoms with van der Waals surface area (Å²) in [6, 6.07) is 3.46. The van der Waals surface area contributed by atoms with Crippen LogP contribution in [-0.2, 0) is 4.74 Å². The van der Waals surface area contributed by atoms with Crippen LogP contribution in [0.15, 0.2) is 12.1 Å². The number of methoxy groups -OCH3 is 1. The maximum Gasteiger partial charge on any atom is 0.152 e. The number of halogens is 2. The van der Waals surface area contributed by atoms with Crippen LogP contribution in [0.5, 0.6) is 5.75 Å². The highest BCUT2D eigenvalue weighted by molar-refractivity contribution is 6.37. The Morgan fingerprint density at radius 3 is 2.24 bits per heavy atom. The van der Waals surface area contributed by atoms with Crippen molar-refractivity contribution in [2.45, 2.75) is 19.9 Å². The highest BCUT2D eigenvalue weighted by Crippen LogP contribution is 2.35. The third-order valence-electron chi connectivity index (χ3n) is 2.52. The maximum absolute atomic E-state index is 9.46. The first kappa shape index (κ1) is 14.4. The van der Waals surface area contributed by atoms with Gasteiger partial charge in [0.25, 0.3) is 0 Å². The predicted molar refractivity (Wildman–Crippen MR) is 72.3 cm³/mol. The fraction of sp³-hybridized carbons (Fsp3) is 0.500. The van der Waals surface area contributed by atoms with E-state index in [9.17, 15) is 5.11 Å². The predicted octanol–water partition coefficient (Wildman–Crippen LogP) is 3.78. The van der Waals surface area contributed by atoms with Gasteiger partial charge in [-0.05, 0) is 18.1 Å². The van der Waals surface area contributed by atoms with Crippen molar-refractivity contribution in [1.82, 2.24) is 0 Å². The van der Waals surface area contributed by atoms with Crippen LogP contribution in [0.1, 0.15) is 13.8 Å². The van der Waals surface area contributed by atoms with Crippen LogP contribution >= 0.6 is 23.2 Å². The summed E-state index contributed by atoms with van der Waals surface area (Å²) >= 11 is 11.7. The number of aromatic hydroxyl groups is 1. The third-order valence-corrected chi connectivity index (χ3v) is 3.10. The van der Waals surface area contributed by atoms with Crippen LogP contribution in [0.3, 0.4) is 0 Å². The van der Waals surface area contributed by atoms with E-state index < -0.39 is 0 Å². The van der Waals surface area contributed by atoms with Gasteiger partial charge < -0.3 is 15.2 Å². The Hall–Kier alpha value is -0.640. The number of benzene rings is 1. The second kappa shape index (κ2) is 6.34. The van der Waals surface area contributed by atoms with E-state index in [2.05, 4.69) is 19.2 Å². The van der Waals surface area contributed by atoms with Crippen molar-refractivity contribution in [2.75, 3.05) is 19.0 Å². The molecule has 5 heteroatoms. The average molecular weight is 278 g/mol. The summed E-state index contributed by atoms with van der Waals surface area (Å²) in [6.45, 7) is 4.79. The molecule has 1 atom stereocenters. The van der Waals surface area contributed by atoms with Gasteiger partial charge in [-0.3, -0.25) is 0 Å². The molecule has 0 saturated carbocycles. The molecule has 0 aliphatic heterocycles. The number of hydrogen-bond donors (Lipinski definition) is 2. The second-order valence-electron chi connectivity index (χ2n) is 4.24. The monoisotopic (exact) mass is 277 g/mol. The summed E-state index contributed by atoms with van der Waals surface area (Å²) in [7, 11) is 1.66. The molecule has 1 aromatic rings. The van der Waals surface area contributed by atoms with Crippen LogP contribution in [0.2, 0.25) is 10.0 Å². The standard InChI is InChI=1S/C12H17Cl2NO2/c1-7(2)11(6-17-3)15-8-4-9(13)12(16)10(14)5-8/h4-5,7,11,15-16H,6H2,1-3H3. The zero-order chi connectivity index (χ0) is 13.0. The summed E-state index contributed by atoms with van der Waals surface area (Å²) < 4.78 is 5.14. The smallest absolute Gasteiger partial charge is 0.152 e. The summed E-state index contributed by atoms with van der Waals surface area (Å²) in [4.78, 5) is 0. The molecule has 0 radical (unpaired) electrons. The van der Waals surface area contributed by atoms with E-state index in [-0.39, 0.29) is 21.8 Å². The first-order valence-electron chi connectivity index (χ1n) is 5.39. The number of ether oxygens (including phenoxy) is 1. The molecule has 0 bridgehead atoms. The molecule has 1 unspecified atom stereocenters. The van der Waals surface area contributed by atoms with Crippen LogP contribution in [0.25, 0.3) is 0 Å². The quantitative estimate of drug-likeness (QED) is 0.805. The lowest BCUT2D eigenvalue weighted by molar-refractivity contribution is 0.171. The Balaban J connectivity index is 2.86. The summed E-state index contributed by atoms with van der Waals surface area (Å²) in [5, 5.41) is 13.2. The normalized spacial score (nSPS) is 12.8. The SMILES string of the molecule is COCC(Nc1cc(Cl)c(O)c(Cl)c1)C(C)C. The zero-order valence-electron chi connectivity index (χ0n) is 10.1. The average Bonchev–Trinajstić information content (AvgIpc) is 2.25. The van der Waals surface area contributed by atoms with E-state index in [0.717, 1.165) is 5.69 Å². The Bertz CT molecular complexity index is 360. The minimum atomic E-state index is -0.0910. The molecule has 0 fully saturated rings. The van der Waals surface area contributed by atoms with Gasteiger partial charge in [0.1, 0.15) is 0 Å². The highest BCUT2D eigenvalue weighted by Gasteiger charge is 2.14. The van der Waals surface area contributed by atoms with Crippen LogP contribution in [0, 0.1) is 5.92 Å². The second-order valence-corrected chi connectivity index (χ2v) is 5.05. The lowest BCUT2D eigenvalue weighted by Crippen LogP contribution is -2.30. The van der Waals surface area contributed by atoms with E-state index in [4.69, 9.17) is 27.9 Å². The number of rotatable bonds is 5. The van der Waals surface area contributed by atoms with Crippen LogP contribution in [0.4, 0.5) is 5.69 Å². The molecule has 0 aliphatic carbocycles. The Kier molecular flexibility index (Phi) is 5.37. The van der Waals surface area contributed by atoms with Gasteiger partial charge in [-0.1, -0.05) is 37.0 Å². The molecule has 17 heavy (non-hydrogen) atoms. The molecular formula is C12H17Cl2NO2. The van der Waals surface area contributed by atoms with E-state index in [1.165, 1.54) is 0 Å². The maximum atomic E-state index is 9.46. The zero-order valence-corrected chi connectivity index (χ0v) is 11.6. The van der Waals surface area contributed by atoms with E-state index >= 15 is 0 Å².